The molecule has 2 N–H and O–H groups in total. The van der Waals surface area contributed by atoms with E-state index in [1.165, 1.54) is 0 Å². The van der Waals surface area contributed by atoms with E-state index in [1.54, 1.807) is 0 Å². The van der Waals surface area contributed by atoms with Gasteiger partial charge in [-0.15, -0.1) is 0 Å². The first-order valence-electron chi connectivity index (χ1n) is 10.3. The van der Waals surface area contributed by atoms with Crippen LogP contribution >= 0.6 is 0 Å². The van der Waals surface area contributed by atoms with Crippen LogP contribution < -0.4 is 15.5 Å². The van der Waals surface area contributed by atoms with Crippen LogP contribution in [0.25, 0.3) is 0 Å². The zero-order valence-electron chi connectivity index (χ0n) is 16.9. The number of para-hydroxylation sites is 1. The molecule has 0 unspecified atom stereocenters. The van der Waals surface area contributed by atoms with Gasteiger partial charge >= 0.3 is 0 Å². The summed E-state index contributed by atoms with van der Waals surface area (Å²) in [6.07, 6.45) is 1.58. The number of likely N-dealkylation sites (tertiary alicyclic amines) is 1. The van der Waals surface area contributed by atoms with E-state index >= 15 is 0 Å². The maximum atomic E-state index is 12.7. The number of nitrogens with zero attached hydrogens (tertiary/aromatic N) is 2. The summed E-state index contributed by atoms with van der Waals surface area (Å²) in [6.45, 7) is 5.66. The lowest BCUT2D eigenvalue weighted by Crippen LogP contribution is -2.57. The fourth-order valence-corrected chi connectivity index (χ4v) is 4.31. The molecule has 1 spiro atoms. The van der Waals surface area contributed by atoms with Crippen molar-refractivity contribution in [3.8, 4) is 0 Å². The van der Waals surface area contributed by atoms with E-state index in [2.05, 4.69) is 32.6 Å². The number of anilines is 1. The molecule has 0 saturated carbocycles. The van der Waals surface area contributed by atoms with Crippen molar-refractivity contribution in [2.24, 2.45) is 0 Å². The van der Waals surface area contributed by atoms with E-state index in [9.17, 15) is 9.59 Å². The van der Waals surface area contributed by atoms with Crippen LogP contribution in [0.3, 0.4) is 0 Å². The fourth-order valence-electron chi connectivity index (χ4n) is 4.31. The van der Waals surface area contributed by atoms with E-state index in [0.29, 0.717) is 18.8 Å². The molecule has 0 radical (unpaired) electrons. The molecule has 2 amide bonds. The summed E-state index contributed by atoms with van der Waals surface area (Å²) in [5.74, 6) is 0.0950. The number of benzene rings is 2. The largest absolute Gasteiger partial charge is 0.351 e. The number of carbonyl (C=O) groups is 2. The van der Waals surface area contributed by atoms with Crippen molar-refractivity contribution >= 4 is 17.5 Å². The van der Waals surface area contributed by atoms with Gasteiger partial charge < -0.3 is 20.4 Å². The van der Waals surface area contributed by atoms with Crippen molar-refractivity contribution in [1.29, 1.82) is 0 Å². The number of hydrogen-bond acceptors (Lipinski definition) is 4. The lowest BCUT2D eigenvalue weighted by Gasteiger charge is -2.43. The SMILES string of the molecule is Cc1ccc(C(=O)NCCN2CCC3(CC2)C(=O)NCN3c2ccccc2)cc1. The Morgan fingerprint density at radius 3 is 2.45 bits per heavy atom. The van der Waals surface area contributed by atoms with Crippen LogP contribution in [0.5, 0.6) is 0 Å². The van der Waals surface area contributed by atoms with Crippen molar-refractivity contribution in [1.82, 2.24) is 15.5 Å². The molecule has 0 atom stereocenters. The average molecular weight is 393 g/mol. The molecule has 0 aliphatic carbocycles. The van der Waals surface area contributed by atoms with Gasteiger partial charge in [-0.1, -0.05) is 35.9 Å². The summed E-state index contributed by atoms with van der Waals surface area (Å²) < 4.78 is 0. The minimum Gasteiger partial charge on any atom is -0.351 e. The van der Waals surface area contributed by atoms with E-state index in [-0.39, 0.29) is 11.8 Å². The molecule has 2 aromatic rings. The highest BCUT2D eigenvalue weighted by Crippen LogP contribution is 2.35. The number of rotatable bonds is 5. The summed E-state index contributed by atoms with van der Waals surface area (Å²) in [5.41, 5.74) is 2.46. The quantitative estimate of drug-likeness (QED) is 0.819. The Kier molecular flexibility index (Phi) is 5.53. The van der Waals surface area contributed by atoms with Gasteiger partial charge in [0.1, 0.15) is 5.54 Å². The van der Waals surface area contributed by atoms with Gasteiger partial charge in [0, 0.05) is 37.4 Å². The van der Waals surface area contributed by atoms with Crippen LogP contribution in [0.1, 0.15) is 28.8 Å². The number of carbonyl (C=O) groups excluding carboxylic acids is 2. The number of hydrogen-bond donors (Lipinski definition) is 2. The van der Waals surface area contributed by atoms with Gasteiger partial charge in [-0.2, -0.15) is 0 Å². The Balaban J connectivity index is 1.30. The fraction of sp³-hybridized carbons (Fsp3) is 0.391. The topological polar surface area (TPSA) is 64.7 Å². The number of piperidine rings is 1. The maximum Gasteiger partial charge on any atom is 0.251 e. The van der Waals surface area contributed by atoms with Crippen LogP contribution in [0.2, 0.25) is 0 Å². The van der Waals surface area contributed by atoms with Crippen molar-refractivity contribution in [2.75, 3.05) is 37.7 Å². The smallest absolute Gasteiger partial charge is 0.251 e. The van der Waals surface area contributed by atoms with E-state index in [4.69, 9.17) is 0 Å². The number of nitrogens with one attached hydrogen (secondary N) is 2. The second-order valence-electron chi connectivity index (χ2n) is 7.92. The average Bonchev–Trinajstić information content (AvgIpc) is 3.06. The highest BCUT2D eigenvalue weighted by atomic mass is 16.2. The highest BCUT2D eigenvalue weighted by Gasteiger charge is 2.50. The van der Waals surface area contributed by atoms with Crippen molar-refractivity contribution < 1.29 is 9.59 Å². The minimum absolute atomic E-state index is 0.0381. The van der Waals surface area contributed by atoms with Crippen molar-refractivity contribution in [2.45, 2.75) is 25.3 Å². The van der Waals surface area contributed by atoms with Gasteiger partial charge in [0.15, 0.2) is 0 Å². The molecule has 2 aliphatic heterocycles. The zero-order valence-corrected chi connectivity index (χ0v) is 16.9. The molecule has 152 valence electrons. The summed E-state index contributed by atoms with van der Waals surface area (Å²) in [5, 5.41) is 6.03. The monoisotopic (exact) mass is 392 g/mol. The Morgan fingerprint density at radius 1 is 1.07 bits per heavy atom. The Bertz CT molecular complexity index is 858. The minimum atomic E-state index is -0.455. The van der Waals surface area contributed by atoms with Crippen molar-refractivity contribution in [3.63, 3.8) is 0 Å². The third-order valence-electron chi connectivity index (χ3n) is 6.12. The normalized spacial score (nSPS) is 18.7. The van der Waals surface area contributed by atoms with Gasteiger partial charge in [0.2, 0.25) is 5.91 Å². The molecular weight excluding hydrogens is 364 g/mol. The van der Waals surface area contributed by atoms with Gasteiger partial charge in [0.05, 0.1) is 6.67 Å². The van der Waals surface area contributed by atoms with Crippen LogP contribution in [0.15, 0.2) is 54.6 Å². The molecule has 2 saturated heterocycles. The molecule has 6 nitrogen and oxygen atoms in total. The third kappa shape index (κ3) is 3.98. The summed E-state index contributed by atoms with van der Waals surface area (Å²) in [7, 11) is 0. The van der Waals surface area contributed by atoms with Crippen LogP contribution in [0, 0.1) is 6.92 Å². The van der Waals surface area contributed by atoms with Crippen LogP contribution in [-0.4, -0.2) is 55.1 Å². The standard InChI is InChI=1S/C23H28N4O2/c1-18-7-9-19(10-8-18)21(28)24-13-16-26-14-11-23(12-15-26)22(29)25-17-27(23)20-5-3-2-4-6-20/h2-10H,11-17H2,1H3,(H,24,28)(H,25,29). The molecule has 2 fully saturated rings. The number of aryl methyl sites for hydroxylation is 1. The summed E-state index contributed by atoms with van der Waals surface area (Å²) in [6, 6.07) is 17.8. The first-order valence-corrected chi connectivity index (χ1v) is 10.3. The summed E-state index contributed by atoms with van der Waals surface area (Å²) in [4.78, 5) is 29.5. The Morgan fingerprint density at radius 2 is 1.76 bits per heavy atom. The molecule has 2 aromatic carbocycles. The maximum absolute atomic E-state index is 12.7. The molecule has 2 heterocycles. The first kappa shape index (κ1) is 19.5. The highest BCUT2D eigenvalue weighted by molar-refractivity contribution is 5.94. The Labute approximate surface area is 171 Å². The zero-order chi connectivity index (χ0) is 20.3. The molecule has 0 bridgehead atoms. The second kappa shape index (κ2) is 8.25. The summed E-state index contributed by atoms with van der Waals surface area (Å²) >= 11 is 0. The molecule has 6 heteroatoms. The lowest BCUT2D eigenvalue weighted by molar-refractivity contribution is -0.125. The van der Waals surface area contributed by atoms with Gasteiger partial charge in [-0.05, 0) is 44.0 Å². The molecular formula is C23H28N4O2. The van der Waals surface area contributed by atoms with E-state index < -0.39 is 5.54 Å². The van der Waals surface area contributed by atoms with E-state index in [1.807, 2.05) is 49.4 Å². The lowest BCUT2D eigenvalue weighted by atomic mass is 9.85. The second-order valence-corrected chi connectivity index (χ2v) is 7.92. The molecule has 4 rings (SSSR count). The molecule has 0 aromatic heterocycles. The van der Waals surface area contributed by atoms with Crippen LogP contribution in [0.4, 0.5) is 5.69 Å². The predicted octanol–water partition coefficient (Wildman–Crippen LogP) is 2.15. The Hall–Kier alpha value is -2.86. The van der Waals surface area contributed by atoms with E-state index in [0.717, 1.165) is 43.7 Å². The molecule has 29 heavy (non-hydrogen) atoms. The van der Waals surface area contributed by atoms with Gasteiger partial charge in [-0.25, -0.2) is 0 Å². The number of amides is 2. The van der Waals surface area contributed by atoms with Crippen molar-refractivity contribution in [3.05, 3.63) is 65.7 Å². The third-order valence-corrected chi connectivity index (χ3v) is 6.12. The van der Waals surface area contributed by atoms with Gasteiger partial charge in [0.25, 0.3) is 5.91 Å². The van der Waals surface area contributed by atoms with Gasteiger partial charge in [-0.3, -0.25) is 9.59 Å². The molecule has 2 aliphatic rings. The predicted molar refractivity (Wildman–Crippen MR) is 114 cm³/mol. The van der Waals surface area contributed by atoms with Crippen LogP contribution in [-0.2, 0) is 4.79 Å². The first-order chi connectivity index (χ1) is 14.1.